The van der Waals surface area contributed by atoms with E-state index < -0.39 is 46.9 Å². The van der Waals surface area contributed by atoms with Gasteiger partial charge < -0.3 is 14.4 Å². The fourth-order valence-corrected chi connectivity index (χ4v) is 6.08. The second kappa shape index (κ2) is 7.61. The standard InChI is InChI=1S/C27H18BrNO6/c1-34-17-6-4-5-16(13-17)29-22(14-9-11-15(28)12-10-14)20-21(26(33)35-25(20)32)27(29)23(30)18-7-2-3-8-19(18)24(27)31/h2-13,20-22H,1H3/t20-,21+,22-/m0/s1. The van der Waals surface area contributed by atoms with E-state index in [4.69, 9.17) is 9.47 Å². The molecule has 6 rings (SSSR count). The Kier molecular flexibility index (Phi) is 4.73. The number of carbonyl (C=O) groups excluding carboxylic acids is 4. The van der Waals surface area contributed by atoms with Crippen LogP contribution in [0.1, 0.15) is 32.3 Å². The Labute approximate surface area is 208 Å². The lowest BCUT2D eigenvalue weighted by molar-refractivity contribution is -0.154. The van der Waals surface area contributed by atoms with Gasteiger partial charge in [0.1, 0.15) is 11.7 Å². The first-order valence-corrected chi connectivity index (χ1v) is 11.8. The van der Waals surface area contributed by atoms with Crippen LogP contribution in [0.3, 0.4) is 0 Å². The van der Waals surface area contributed by atoms with Crippen molar-refractivity contribution in [1.82, 2.24) is 0 Å². The van der Waals surface area contributed by atoms with E-state index in [2.05, 4.69) is 15.9 Å². The first-order valence-electron chi connectivity index (χ1n) is 11.0. The monoisotopic (exact) mass is 531 g/mol. The lowest BCUT2D eigenvalue weighted by Gasteiger charge is -2.39. The quantitative estimate of drug-likeness (QED) is 0.370. The Hall–Kier alpha value is -3.78. The molecular weight excluding hydrogens is 514 g/mol. The van der Waals surface area contributed by atoms with Gasteiger partial charge in [0.15, 0.2) is 17.1 Å². The Morgan fingerprint density at radius 2 is 1.51 bits per heavy atom. The SMILES string of the molecule is COc1cccc(N2[C@@H](c3ccc(Br)cc3)[C@H]3C(=O)OC(=O)[C@@H]3C23C(=O)c2ccccc2C3=O)c1. The molecule has 0 aromatic heterocycles. The summed E-state index contributed by atoms with van der Waals surface area (Å²) < 4.78 is 11.3. The molecule has 2 aliphatic heterocycles. The van der Waals surface area contributed by atoms with Gasteiger partial charge in [-0.2, -0.15) is 0 Å². The molecule has 2 fully saturated rings. The van der Waals surface area contributed by atoms with Crippen LogP contribution in [-0.4, -0.2) is 36.2 Å². The summed E-state index contributed by atoms with van der Waals surface area (Å²) in [5.74, 6) is -4.45. The topological polar surface area (TPSA) is 90.0 Å². The number of nitrogens with zero attached hydrogens (tertiary/aromatic N) is 1. The number of hydrogen-bond donors (Lipinski definition) is 0. The Morgan fingerprint density at radius 1 is 0.857 bits per heavy atom. The summed E-state index contributed by atoms with van der Waals surface area (Å²) in [7, 11) is 1.52. The molecule has 1 aliphatic carbocycles. The van der Waals surface area contributed by atoms with Crippen molar-refractivity contribution in [2.24, 2.45) is 11.8 Å². The maximum Gasteiger partial charge on any atom is 0.320 e. The van der Waals surface area contributed by atoms with Crippen LogP contribution in [0.25, 0.3) is 0 Å². The summed E-state index contributed by atoms with van der Waals surface area (Å²) in [6.45, 7) is 0. The summed E-state index contributed by atoms with van der Waals surface area (Å²) in [6, 6.07) is 19.9. The number of methoxy groups -OCH3 is 1. The van der Waals surface area contributed by atoms with Crippen LogP contribution >= 0.6 is 15.9 Å². The zero-order valence-corrected chi connectivity index (χ0v) is 20.0. The molecule has 35 heavy (non-hydrogen) atoms. The van der Waals surface area contributed by atoms with Crippen molar-refractivity contribution >= 4 is 45.1 Å². The average molecular weight is 532 g/mol. The van der Waals surface area contributed by atoms with E-state index in [1.165, 1.54) is 7.11 Å². The highest BCUT2D eigenvalue weighted by molar-refractivity contribution is 9.10. The van der Waals surface area contributed by atoms with Crippen LogP contribution in [0.5, 0.6) is 5.75 Å². The van der Waals surface area contributed by atoms with E-state index in [9.17, 15) is 19.2 Å². The van der Waals surface area contributed by atoms with Gasteiger partial charge in [-0.3, -0.25) is 19.2 Å². The molecule has 2 heterocycles. The highest BCUT2D eigenvalue weighted by atomic mass is 79.9. The summed E-state index contributed by atoms with van der Waals surface area (Å²) in [6.07, 6.45) is 0. The van der Waals surface area contributed by atoms with Crippen molar-refractivity contribution in [2.45, 2.75) is 11.6 Å². The van der Waals surface area contributed by atoms with Gasteiger partial charge in [0.25, 0.3) is 0 Å². The van der Waals surface area contributed by atoms with Gasteiger partial charge in [0.2, 0.25) is 0 Å². The van der Waals surface area contributed by atoms with Crippen molar-refractivity contribution in [3.05, 3.63) is 94.0 Å². The average Bonchev–Trinajstić information content (AvgIpc) is 3.43. The lowest BCUT2D eigenvalue weighted by Crippen LogP contribution is -2.59. The van der Waals surface area contributed by atoms with Gasteiger partial charge in [0, 0.05) is 27.4 Å². The molecule has 3 aliphatic rings. The van der Waals surface area contributed by atoms with E-state index in [1.54, 1.807) is 53.4 Å². The predicted molar refractivity (Wildman–Crippen MR) is 128 cm³/mol. The molecule has 174 valence electrons. The molecule has 2 saturated heterocycles. The number of esters is 2. The van der Waals surface area contributed by atoms with E-state index in [0.29, 0.717) is 17.0 Å². The molecular formula is C27H18BrNO6. The van der Waals surface area contributed by atoms with Crippen molar-refractivity contribution in [1.29, 1.82) is 0 Å². The first kappa shape index (κ1) is 21.7. The number of halogens is 1. The highest BCUT2D eigenvalue weighted by Crippen LogP contribution is 2.60. The highest BCUT2D eigenvalue weighted by Gasteiger charge is 2.76. The molecule has 3 aromatic rings. The molecule has 3 aromatic carbocycles. The Bertz CT molecular complexity index is 1400. The van der Waals surface area contributed by atoms with Gasteiger partial charge >= 0.3 is 11.9 Å². The van der Waals surface area contributed by atoms with E-state index in [-0.39, 0.29) is 11.1 Å². The Morgan fingerprint density at radius 3 is 2.14 bits per heavy atom. The first-order chi connectivity index (χ1) is 16.9. The number of Topliss-reactive ketones (excluding diaryl/α,β-unsaturated/α-hetero) is 2. The van der Waals surface area contributed by atoms with Crippen LogP contribution in [0, 0.1) is 11.8 Å². The number of benzene rings is 3. The van der Waals surface area contributed by atoms with Crippen molar-refractivity contribution in [3.8, 4) is 5.75 Å². The number of hydrogen-bond acceptors (Lipinski definition) is 7. The third-order valence-corrected chi connectivity index (χ3v) is 7.72. The van der Waals surface area contributed by atoms with E-state index in [1.807, 2.05) is 24.3 Å². The summed E-state index contributed by atoms with van der Waals surface area (Å²) in [5, 5.41) is 0. The number of fused-ring (bicyclic) bond motifs is 3. The maximum absolute atomic E-state index is 14.2. The zero-order valence-electron chi connectivity index (χ0n) is 18.4. The molecule has 7 nitrogen and oxygen atoms in total. The molecule has 8 heteroatoms. The van der Waals surface area contributed by atoms with Crippen LogP contribution in [0.15, 0.2) is 77.3 Å². The molecule has 0 amide bonds. The fourth-order valence-electron chi connectivity index (χ4n) is 5.82. The lowest BCUT2D eigenvalue weighted by atomic mass is 9.76. The van der Waals surface area contributed by atoms with Gasteiger partial charge in [0.05, 0.1) is 19.1 Å². The number of anilines is 1. The number of ether oxygens (including phenoxy) is 2. The molecule has 0 N–H and O–H groups in total. The van der Waals surface area contributed by atoms with Crippen molar-refractivity contribution in [2.75, 3.05) is 12.0 Å². The molecule has 0 radical (unpaired) electrons. The third kappa shape index (κ3) is 2.77. The van der Waals surface area contributed by atoms with Gasteiger partial charge in [-0.05, 0) is 29.8 Å². The minimum absolute atomic E-state index is 0.229. The molecule has 0 bridgehead atoms. The molecule has 3 atom stereocenters. The summed E-state index contributed by atoms with van der Waals surface area (Å²) in [5.41, 5.74) is -0.338. The molecule has 0 unspecified atom stereocenters. The van der Waals surface area contributed by atoms with Crippen molar-refractivity contribution < 1.29 is 28.7 Å². The summed E-state index contributed by atoms with van der Waals surface area (Å²) >= 11 is 3.43. The second-order valence-electron chi connectivity index (χ2n) is 8.78. The normalized spacial score (nSPS) is 24.1. The Balaban J connectivity index is 1.69. The minimum atomic E-state index is -1.96. The number of rotatable bonds is 3. The molecule has 1 spiro atoms. The van der Waals surface area contributed by atoms with Gasteiger partial charge in [-0.1, -0.05) is 58.4 Å². The number of ketones is 2. The van der Waals surface area contributed by atoms with E-state index in [0.717, 1.165) is 4.47 Å². The van der Waals surface area contributed by atoms with Crippen LogP contribution < -0.4 is 9.64 Å². The van der Waals surface area contributed by atoms with Gasteiger partial charge in [-0.25, -0.2) is 0 Å². The van der Waals surface area contributed by atoms with Gasteiger partial charge in [-0.15, -0.1) is 0 Å². The van der Waals surface area contributed by atoms with Crippen LogP contribution in [0.4, 0.5) is 5.69 Å². The van der Waals surface area contributed by atoms with E-state index >= 15 is 0 Å². The number of carbonyl (C=O) groups is 4. The predicted octanol–water partition coefficient (Wildman–Crippen LogP) is 4.15. The molecule has 0 saturated carbocycles. The van der Waals surface area contributed by atoms with Crippen LogP contribution in [-0.2, 0) is 14.3 Å². The minimum Gasteiger partial charge on any atom is -0.497 e. The smallest absolute Gasteiger partial charge is 0.320 e. The number of cyclic esters (lactones) is 2. The fraction of sp³-hybridized carbons (Fsp3) is 0.185. The third-order valence-electron chi connectivity index (χ3n) is 7.19. The van der Waals surface area contributed by atoms with Crippen LogP contribution in [0.2, 0.25) is 0 Å². The maximum atomic E-state index is 14.2. The second-order valence-corrected chi connectivity index (χ2v) is 9.70. The summed E-state index contributed by atoms with van der Waals surface area (Å²) in [4.78, 5) is 56.3. The zero-order chi connectivity index (χ0) is 24.5. The largest absolute Gasteiger partial charge is 0.497 e. The van der Waals surface area contributed by atoms with Crippen molar-refractivity contribution in [3.63, 3.8) is 0 Å².